The molecule has 84 valence electrons. The molecule has 0 radical (unpaired) electrons. The van der Waals surface area contributed by atoms with Gasteiger partial charge in [-0.3, -0.25) is 0 Å². The van der Waals surface area contributed by atoms with Gasteiger partial charge >= 0.3 is 0 Å². The second-order valence-electron chi connectivity index (χ2n) is 4.25. The van der Waals surface area contributed by atoms with Crippen LogP contribution in [0.15, 0.2) is 12.2 Å². The molecule has 1 aliphatic heterocycles. The third-order valence-corrected chi connectivity index (χ3v) is 2.96. The van der Waals surface area contributed by atoms with Crippen LogP contribution in [0.4, 0.5) is 0 Å². The van der Waals surface area contributed by atoms with Crippen molar-refractivity contribution in [2.75, 3.05) is 13.1 Å². The fraction of sp³-hybridized carbons (Fsp3) is 0.846. The van der Waals surface area contributed by atoms with Crippen molar-refractivity contribution in [1.29, 1.82) is 0 Å². The summed E-state index contributed by atoms with van der Waals surface area (Å²) < 4.78 is 0. The van der Waals surface area contributed by atoms with E-state index in [0.717, 1.165) is 12.0 Å². The number of hydrogen-bond acceptors (Lipinski definition) is 1. The van der Waals surface area contributed by atoms with E-state index in [1.807, 2.05) is 13.8 Å². The van der Waals surface area contributed by atoms with Gasteiger partial charge in [0.15, 0.2) is 0 Å². The SMILES string of the molecule is C=C(C)C1CCN(C(C)C)CC1.CC. The molecule has 1 aliphatic rings. The van der Waals surface area contributed by atoms with Crippen molar-refractivity contribution in [3.8, 4) is 0 Å². The Morgan fingerprint density at radius 2 is 1.64 bits per heavy atom. The second kappa shape index (κ2) is 7.05. The molecule has 0 amide bonds. The van der Waals surface area contributed by atoms with Gasteiger partial charge in [-0.25, -0.2) is 0 Å². The van der Waals surface area contributed by atoms with Gasteiger partial charge in [0.1, 0.15) is 0 Å². The smallest absolute Gasteiger partial charge is 0.00385 e. The molecule has 1 heterocycles. The Labute approximate surface area is 90.2 Å². The number of allylic oxidation sites excluding steroid dienone is 1. The van der Waals surface area contributed by atoms with Gasteiger partial charge in [-0.15, -0.1) is 0 Å². The molecule has 0 bridgehead atoms. The lowest BCUT2D eigenvalue weighted by molar-refractivity contribution is 0.161. The zero-order valence-corrected chi connectivity index (χ0v) is 10.6. The molecule has 0 N–H and O–H groups in total. The Bertz CT molecular complexity index is 153. The highest BCUT2D eigenvalue weighted by Crippen LogP contribution is 2.23. The molecular formula is C13H27N. The zero-order chi connectivity index (χ0) is 11.1. The lowest BCUT2D eigenvalue weighted by Gasteiger charge is -2.34. The summed E-state index contributed by atoms with van der Waals surface area (Å²) in [5.74, 6) is 0.792. The van der Waals surface area contributed by atoms with Crippen LogP contribution in [0, 0.1) is 5.92 Å². The summed E-state index contributed by atoms with van der Waals surface area (Å²) >= 11 is 0. The van der Waals surface area contributed by atoms with Crippen LogP contribution in [-0.2, 0) is 0 Å². The first kappa shape index (κ1) is 13.7. The topological polar surface area (TPSA) is 3.24 Å². The van der Waals surface area contributed by atoms with Gasteiger partial charge in [0, 0.05) is 6.04 Å². The van der Waals surface area contributed by atoms with E-state index in [1.165, 1.54) is 31.5 Å². The van der Waals surface area contributed by atoms with E-state index in [-0.39, 0.29) is 0 Å². The molecule has 14 heavy (non-hydrogen) atoms. The fourth-order valence-electron chi connectivity index (χ4n) is 1.91. The maximum Gasteiger partial charge on any atom is 0.00385 e. The molecule has 0 saturated carbocycles. The largest absolute Gasteiger partial charge is 0.301 e. The van der Waals surface area contributed by atoms with Gasteiger partial charge in [-0.2, -0.15) is 0 Å². The predicted octanol–water partition coefficient (Wildman–Crippen LogP) is 3.71. The molecule has 1 saturated heterocycles. The molecule has 0 aromatic rings. The van der Waals surface area contributed by atoms with Crippen LogP contribution in [0.25, 0.3) is 0 Å². The van der Waals surface area contributed by atoms with Gasteiger partial charge in [0.05, 0.1) is 0 Å². The van der Waals surface area contributed by atoms with E-state index in [0.29, 0.717) is 0 Å². The van der Waals surface area contributed by atoms with Crippen molar-refractivity contribution in [2.24, 2.45) is 5.92 Å². The maximum atomic E-state index is 4.03. The van der Waals surface area contributed by atoms with Crippen molar-refractivity contribution >= 4 is 0 Å². The first-order valence-electron chi connectivity index (χ1n) is 6.00. The summed E-state index contributed by atoms with van der Waals surface area (Å²) in [6, 6.07) is 0.719. The molecule has 0 aromatic carbocycles. The van der Waals surface area contributed by atoms with Crippen LogP contribution in [0.3, 0.4) is 0 Å². The van der Waals surface area contributed by atoms with Gasteiger partial charge in [0.2, 0.25) is 0 Å². The number of rotatable bonds is 2. The molecule has 0 spiro atoms. The quantitative estimate of drug-likeness (QED) is 0.610. The highest BCUT2D eigenvalue weighted by molar-refractivity contribution is 4.98. The molecule has 1 nitrogen and oxygen atoms in total. The molecule has 0 aromatic heterocycles. The van der Waals surface area contributed by atoms with Crippen LogP contribution >= 0.6 is 0 Å². The van der Waals surface area contributed by atoms with E-state index >= 15 is 0 Å². The first-order valence-corrected chi connectivity index (χ1v) is 6.00. The molecule has 0 atom stereocenters. The van der Waals surface area contributed by atoms with Gasteiger partial charge < -0.3 is 4.90 Å². The van der Waals surface area contributed by atoms with Crippen molar-refractivity contribution in [3.05, 3.63) is 12.2 Å². The lowest BCUT2D eigenvalue weighted by atomic mass is 9.90. The fourth-order valence-corrected chi connectivity index (χ4v) is 1.91. The average molecular weight is 197 g/mol. The minimum Gasteiger partial charge on any atom is -0.301 e. The normalized spacial score (nSPS) is 19.0. The minimum atomic E-state index is 0.719. The minimum absolute atomic E-state index is 0.719. The molecular weight excluding hydrogens is 170 g/mol. The van der Waals surface area contributed by atoms with Crippen molar-refractivity contribution in [3.63, 3.8) is 0 Å². The Hall–Kier alpha value is -0.300. The molecule has 1 fully saturated rings. The predicted molar refractivity (Wildman–Crippen MR) is 65.6 cm³/mol. The van der Waals surface area contributed by atoms with Crippen LogP contribution in [-0.4, -0.2) is 24.0 Å². The van der Waals surface area contributed by atoms with Crippen LogP contribution < -0.4 is 0 Å². The summed E-state index contributed by atoms with van der Waals surface area (Å²) in [6.45, 7) is 17.3. The lowest BCUT2D eigenvalue weighted by Crippen LogP contribution is -2.38. The second-order valence-corrected chi connectivity index (χ2v) is 4.25. The third-order valence-electron chi connectivity index (χ3n) is 2.96. The summed E-state index contributed by atoms with van der Waals surface area (Å²) in [5, 5.41) is 0. The van der Waals surface area contributed by atoms with E-state index in [9.17, 15) is 0 Å². The summed E-state index contributed by atoms with van der Waals surface area (Å²) in [4.78, 5) is 2.56. The molecule has 0 unspecified atom stereocenters. The number of hydrogen-bond donors (Lipinski definition) is 0. The number of nitrogens with zero attached hydrogens (tertiary/aromatic N) is 1. The summed E-state index contributed by atoms with van der Waals surface area (Å²) in [7, 11) is 0. The van der Waals surface area contributed by atoms with Crippen LogP contribution in [0.2, 0.25) is 0 Å². The Balaban J connectivity index is 0.000000791. The number of piperidine rings is 1. The summed E-state index contributed by atoms with van der Waals surface area (Å²) in [5.41, 5.74) is 1.37. The highest BCUT2D eigenvalue weighted by Gasteiger charge is 2.20. The molecule has 1 rings (SSSR count). The van der Waals surface area contributed by atoms with Crippen molar-refractivity contribution in [1.82, 2.24) is 4.90 Å². The van der Waals surface area contributed by atoms with E-state index in [1.54, 1.807) is 0 Å². The van der Waals surface area contributed by atoms with Crippen molar-refractivity contribution < 1.29 is 0 Å². The summed E-state index contributed by atoms with van der Waals surface area (Å²) in [6.07, 6.45) is 2.63. The highest BCUT2D eigenvalue weighted by atomic mass is 15.1. The van der Waals surface area contributed by atoms with E-state index in [2.05, 4.69) is 32.3 Å². The Morgan fingerprint density at radius 1 is 1.21 bits per heavy atom. The van der Waals surface area contributed by atoms with Gasteiger partial charge in [0.25, 0.3) is 0 Å². The maximum absolute atomic E-state index is 4.03. The van der Waals surface area contributed by atoms with E-state index < -0.39 is 0 Å². The molecule has 0 aliphatic carbocycles. The third kappa shape index (κ3) is 4.28. The standard InChI is InChI=1S/C11H21N.C2H6/c1-9(2)11-5-7-12(8-6-11)10(3)4;1-2/h10-11H,1,5-8H2,2-4H3;1-2H3. The van der Waals surface area contributed by atoms with Crippen LogP contribution in [0.5, 0.6) is 0 Å². The first-order chi connectivity index (χ1) is 6.61. The Kier molecular flexibility index (Phi) is 6.90. The molecule has 1 heteroatoms. The van der Waals surface area contributed by atoms with Gasteiger partial charge in [-0.05, 0) is 52.6 Å². The zero-order valence-electron chi connectivity index (χ0n) is 10.6. The average Bonchev–Trinajstić information content (AvgIpc) is 2.21. The monoisotopic (exact) mass is 197 g/mol. The van der Waals surface area contributed by atoms with Crippen LogP contribution in [0.1, 0.15) is 47.5 Å². The van der Waals surface area contributed by atoms with Crippen molar-refractivity contribution in [2.45, 2.75) is 53.5 Å². The number of likely N-dealkylation sites (tertiary alicyclic amines) is 1. The van der Waals surface area contributed by atoms with E-state index in [4.69, 9.17) is 0 Å². The van der Waals surface area contributed by atoms with Gasteiger partial charge in [-0.1, -0.05) is 26.0 Å². The Morgan fingerprint density at radius 3 is 1.93 bits per heavy atom.